The number of ether oxygens (including phenoxy) is 1. The first-order valence-corrected chi connectivity index (χ1v) is 13.0. The fraction of sp³-hybridized carbons (Fsp3) is 0.290. The van der Waals surface area contributed by atoms with E-state index >= 15 is 0 Å². The predicted molar refractivity (Wildman–Crippen MR) is 143 cm³/mol. The van der Waals surface area contributed by atoms with E-state index in [1.807, 2.05) is 59.5 Å². The van der Waals surface area contributed by atoms with Crippen molar-refractivity contribution in [3.8, 4) is 5.75 Å². The van der Waals surface area contributed by atoms with E-state index in [-0.39, 0.29) is 24.4 Å². The Hall–Kier alpha value is -4.06. The molecule has 0 saturated carbocycles. The molecule has 6 nitrogen and oxygen atoms in total. The van der Waals surface area contributed by atoms with Gasteiger partial charge in [-0.2, -0.15) is 0 Å². The van der Waals surface area contributed by atoms with Gasteiger partial charge in [0.2, 0.25) is 11.8 Å². The van der Waals surface area contributed by atoms with Gasteiger partial charge >= 0.3 is 0 Å². The third kappa shape index (κ3) is 4.37. The van der Waals surface area contributed by atoms with Crippen molar-refractivity contribution in [3.63, 3.8) is 0 Å². The number of fused-ring (bicyclic) bond motifs is 4. The zero-order valence-electron chi connectivity index (χ0n) is 21.0. The SMILES string of the molecule is COc1ccc(CCN2CC(=O)N3C(CCc4ccccc4)c4[nH]c5ccccc5c4C[C@@H]3C2=O)cc1. The van der Waals surface area contributed by atoms with Crippen LogP contribution in [0.1, 0.15) is 34.8 Å². The molecule has 1 N–H and O–H groups in total. The molecule has 2 aliphatic heterocycles. The molecule has 0 spiro atoms. The summed E-state index contributed by atoms with van der Waals surface area (Å²) < 4.78 is 5.25. The Balaban J connectivity index is 1.28. The Morgan fingerprint density at radius 2 is 1.62 bits per heavy atom. The average Bonchev–Trinajstić information content (AvgIpc) is 3.32. The lowest BCUT2D eigenvalue weighted by molar-refractivity contribution is -0.159. The van der Waals surface area contributed by atoms with Gasteiger partial charge < -0.3 is 19.5 Å². The second kappa shape index (κ2) is 9.77. The van der Waals surface area contributed by atoms with Crippen LogP contribution in [0.4, 0.5) is 0 Å². The van der Waals surface area contributed by atoms with Gasteiger partial charge in [0.25, 0.3) is 0 Å². The molecule has 2 amide bonds. The lowest BCUT2D eigenvalue weighted by atomic mass is 9.86. The number of methoxy groups -OCH3 is 1. The van der Waals surface area contributed by atoms with Gasteiger partial charge in [0.05, 0.1) is 19.7 Å². The molecule has 0 bridgehead atoms. The first-order valence-electron chi connectivity index (χ1n) is 13.0. The predicted octanol–water partition coefficient (Wildman–Crippen LogP) is 4.69. The molecule has 1 saturated heterocycles. The number of hydrogen-bond donors (Lipinski definition) is 1. The first kappa shape index (κ1) is 23.3. The van der Waals surface area contributed by atoms with E-state index in [0.717, 1.165) is 40.8 Å². The molecule has 188 valence electrons. The van der Waals surface area contributed by atoms with Crippen LogP contribution >= 0.6 is 0 Å². The smallest absolute Gasteiger partial charge is 0.246 e. The molecule has 0 aliphatic carbocycles. The molecule has 1 unspecified atom stereocenters. The van der Waals surface area contributed by atoms with Crippen molar-refractivity contribution in [1.82, 2.24) is 14.8 Å². The lowest BCUT2D eigenvalue weighted by Gasteiger charge is -2.47. The van der Waals surface area contributed by atoms with Crippen LogP contribution in [0, 0.1) is 0 Å². The van der Waals surface area contributed by atoms with Gasteiger partial charge in [-0.3, -0.25) is 9.59 Å². The van der Waals surface area contributed by atoms with Crippen molar-refractivity contribution in [2.24, 2.45) is 0 Å². The van der Waals surface area contributed by atoms with E-state index in [2.05, 4.69) is 29.2 Å². The molecule has 2 aliphatic rings. The standard InChI is InChI=1S/C31H31N3O3/c1-37-23-14-11-22(12-15-23)17-18-33-20-29(35)34-27(16-13-21-7-3-2-4-8-21)30-25(19-28(34)31(33)36)24-9-5-6-10-26(24)32-30/h2-12,14-15,27-28,32H,13,16-20H2,1H3/t27?,28-/m1/s1. The first-order chi connectivity index (χ1) is 18.1. The van der Waals surface area contributed by atoms with Crippen molar-refractivity contribution in [3.05, 3.63) is 101 Å². The van der Waals surface area contributed by atoms with Crippen molar-refractivity contribution in [2.75, 3.05) is 20.2 Å². The van der Waals surface area contributed by atoms with Crippen molar-refractivity contribution in [1.29, 1.82) is 0 Å². The number of para-hydroxylation sites is 1. The van der Waals surface area contributed by atoms with Gasteiger partial charge in [-0.15, -0.1) is 0 Å². The number of amides is 2. The molecule has 1 aromatic heterocycles. The van der Waals surface area contributed by atoms with Crippen molar-refractivity contribution in [2.45, 2.75) is 37.8 Å². The van der Waals surface area contributed by atoms with Crippen LogP contribution in [-0.2, 0) is 28.9 Å². The fourth-order valence-electron chi connectivity index (χ4n) is 5.94. The Morgan fingerprint density at radius 3 is 2.41 bits per heavy atom. The van der Waals surface area contributed by atoms with Gasteiger partial charge in [0.15, 0.2) is 0 Å². The molecule has 6 rings (SSSR count). The Labute approximate surface area is 216 Å². The topological polar surface area (TPSA) is 65.6 Å². The summed E-state index contributed by atoms with van der Waals surface area (Å²) in [6.07, 6.45) is 2.85. The van der Waals surface area contributed by atoms with E-state index in [0.29, 0.717) is 19.4 Å². The molecule has 2 atom stereocenters. The highest BCUT2D eigenvalue weighted by molar-refractivity contribution is 5.97. The second-order valence-electron chi connectivity index (χ2n) is 9.98. The summed E-state index contributed by atoms with van der Waals surface area (Å²) in [6.45, 7) is 0.652. The van der Waals surface area contributed by atoms with Crippen molar-refractivity contribution < 1.29 is 14.3 Å². The number of rotatable bonds is 7. The molecule has 1 fully saturated rings. The van der Waals surface area contributed by atoms with Crippen LogP contribution in [0.15, 0.2) is 78.9 Å². The normalized spacial score (nSPS) is 19.2. The van der Waals surface area contributed by atoms with Crippen LogP contribution < -0.4 is 4.74 Å². The number of aromatic amines is 1. The fourth-order valence-corrected chi connectivity index (χ4v) is 5.94. The summed E-state index contributed by atoms with van der Waals surface area (Å²) >= 11 is 0. The zero-order valence-corrected chi connectivity index (χ0v) is 21.0. The average molecular weight is 494 g/mol. The Morgan fingerprint density at radius 1 is 0.892 bits per heavy atom. The van der Waals surface area contributed by atoms with E-state index in [9.17, 15) is 9.59 Å². The minimum absolute atomic E-state index is 0.0294. The highest BCUT2D eigenvalue weighted by Gasteiger charge is 2.47. The molecule has 3 heterocycles. The summed E-state index contributed by atoms with van der Waals surface area (Å²) in [4.78, 5) is 34.7. The van der Waals surface area contributed by atoms with Crippen LogP contribution in [0.3, 0.4) is 0 Å². The van der Waals surface area contributed by atoms with Crippen LogP contribution in [0.25, 0.3) is 10.9 Å². The van der Waals surface area contributed by atoms with E-state index < -0.39 is 6.04 Å². The molecule has 37 heavy (non-hydrogen) atoms. The largest absolute Gasteiger partial charge is 0.497 e. The highest BCUT2D eigenvalue weighted by Crippen LogP contribution is 2.41. The second-order valence-corrected chi connectivity index (χ2v) is 9.98. The summed E-state index contributed by atoms with van der Waals surface area (Å²) in [5, 5.41) is 1.15. The molecule has 0 radical (unpaired) electrons. The number of aromatic nitrogens is 1. The van der Waals surface area contributed by atoms with Gasteiger partial charge in [0.1, 0.15) is 11.8 Å². The minimum Gasteiger partial charge on any atom is -0.497 e. The van der Waals surface area contributed by atoms with Gasteiger partial charge in [0, 0.05) is 29.6 Å². The van der Waals surface area contributed by atoms with Crippen molar-refractivity contribution >= 4 is 22.7 Å². The molecular weight excluding hydrogens is 462 g/mol. The van der Waals surface area contributed by atoms with Crippen LogP contribution in [0.2, 0.25) is 0 Å². The quantitative estimate of drug-likeness (QED) is 0.406. The number of carbonyl (C=O) groups is 2. The third-order valence-corrected chi connectivity index (χ3v) is 7.84. The van der Waals surface area contributed by atoms with Gasteiger partial charge in [-0.05, 0) is 54.2 Å². The maximum Gasteiger partial charge on any atom is 0.246 e. The maximum atomic E-state index is 13.8. The van der Waals surface area contributed by atoms with Gasteiger partial charge in [-0.1, -0.05) is 60.7 Å². The van der Waals surface area contributed by atoms with Crippen LogP contribution in [-0.4, -0.2) is 52.8 Å². The Bertz CT molecular complexity index is 1430. The number of benzene rings is 3. The summed E-state index contributed by atoms with van der Waals surface area (Å²) in [5.74, 6) is 0.886. The number of aryl methyl sites for hydroxylation is 1. The summed E-state index contributed by atoms with van der Waals surface area (Å²) in [5.41, 5.74) is 5.67. The molecular formula is C31H31N3O3. The monoisotopic (exact) mass is 493 g/mol. The number of nitrogens with zero attached hydrogens (tertiary/aromatic N) is 2. The highest BCUT2D eigenvalue weighted by atomic mass is 16.5. The number of piperazine rings is 1. The third-order valence-electron chi connectivity index (χ3n) is 7.84. The number of nitrogens with one attached hydrogen (secondary N) is 1. The number of H-pyrrole nitrogens is 1. The summed E-state index contributed by atoms with van der Waals surface area (Å²) in [7, 11) is 1.65. The zero-order chi connectivity index (χ0) is 25.4. The molecule has 3 aromatic carbocycles. The van der Waals surface area contributed by atoms with E-state index in [1.54, 1.807) is 12.0 Å². The van der Waals surface area contributed by atoms with E-state index in [4.69, 9.17) is 4.74 Å². The summed E-state index contributed by atoms with van der Waals surface area (Å²) in [6, 6.07) is 25.9. The lowest BCUT2D eigenvalue weighted by Crippen LogP contribution is -2.63. The number of carbonyl (C=O) groups excluding carboxylic acids is 2. The van der Waals surface area contributed by atoms with E-state index in [1.165, 1.54) is 11.1 Å². The van der Waals surface area contributed by atoms with Gasteiger partial charge in [-0.25, -0.2) is 0 Å². The van der Waals surface area contributed by atoms with Crippen LogP contribution in [0.5, 0.6) is 5.75 Å². The maximum absolute atomic E-state index is 13.8. The molecule has 6 heteroatoms. The molecule has 4 aromatic rings. The Kier molecular flexibility index (Phi) is 6.16. The minimum atomic E-state index is -0.468. The number of hydrogen-bond acceptors (Lipinski definition) is 3.